The van der Waals surface area contributed by atoms with E-state index in [2.05, 4.69) is 6.58 Å². The molecule has 0 unspecified atom stereocenters. The van der Waals surface area contributed by atoms with Crippen LogP contribution in [0.1, 0.15) is 50.2 Å². The molecule has 3 aromatic rings. The molecular weight excluding hydrogens is 451 g/mol. The molecule has 2 aliphatic heterocycles. The number of fused-ring (bicyclic) bond motifs is 3. The van der Waals surface area contributed by atoms with Crippen molar-refractivity contribution in [1.82, 2.24) is 9.47 Å². The lowest BCUT2D eigenvalue weighted by atomic mass is 10.1. The normalized spacial score (nSPS) is 14.6. The van der Waals surface area contributed by atoms with E-state index in [0.29, 0.717) is 12.0 Å². The first-order chi connectivity index (χ1) is 16.9. The van der Waals surface area contributed by atoms with Crippen LogP contribution in [-0.2, 0) is 30.9 Å². The Bertz CT molecular complexity index is 1430. The Morgan fingerprint density at radius 3 is 2.54 bits per heavy atom. The summed E-state index contributed by atoms with van der Waals surface area (Å²) in [5.74, 6) is -1.65. The molecular formula is C27H23FN2O5. The highest BCUT2D eigenvalue weighted by molar-refractivity contribution is 6.04. The number of aryl methyl sites for hydroxylation is 1. The smallest absolute Gasteiger partial charge is 0.361 e. The second-order valence-corrected chi connectivity index (χ2v) is 8.48. The summed E-state index contributed by atoms with van der Waals surface area (Å²) in [5, 5.41) is 0. The third kappa shape index (κ3) is 3.90. The molecule has 0 saturated heterocycles. The minimum atomic E-state index is -0.717. The average Bonchev–Trinajstić information content (AvgIpc) is 3.16. The topological polar surface area (TPSA) is 77.8 Å². The highest BCUT2D eigenvalue weighted by atomic mass is 19.1. The number of aromatic nitrogens is 1. The number of hydrogen-bond donors (Lipinski definition) is 0. The summed E-state index contributed by atoms with van der Waals surface area (Å²) in [5.41, 5.74) is 1.58. The Morgan fingerprint density at radius 1 is 1.03 bits per heavy atom. The van der Waals surface area contributed by atoms with Gasteiger partial charge in [0.2, 0.25) is 5.43 Å². The van der Waals surface area contributed by atoms with Gasteiger partial charge in [-0.2, -0.15) is 0 Å². The Hall–Kier alpha value is -4.20. The lowest BCUT2D eigenvalue weighted by Crippen LogP contribution is -2.43. The van der Waals surface area contributed by atoms with Crippen LogP contribution in [0.2, 0.25) is 0 Å². The van der Waals surface area contributed by atoms with E-state index in [9.17, 15) is 18.8 Å². The van der Waals surface area contributed by atoms with Crippen molar-refractivity contribution in [3.63, 3.8) is 0 Å². The van der Waals surface area contributed by atoms with Crippen LogP contribution < -0.4 is 10.2 Å². The molecule has 0 fully saturated rings. The van der Waals surface area contributed by atoms with Crippen LogP contribution in [0.4, 0.5) is 4.39 Å². The molecule has 2 aliphatic rings. The van der Waals surface area contributed by atoms with Gasteiger partial charge in [-0.15, -0.1) is 0 Å². The molecule has 0 bridgehead atoms. The van der Waals surface area contributed by atoms with Crippen molar-refractivity contribution < 1.29 is 23.5 Å². The maximum atomic E-state index is 14.0. The summed E-state index contributed by atoms with van der Waals surface area (Å²) in [6, 6.07) is 14.0. The van der Waals surface area contributed by atoms with Crippen LogP contribution in [0.25, 0.3) is 5.76 Å². The van der Waals surface area contributed by atoms with Gasteiger partial charge in [0.25, 0.3) is 5.91 Å². The molecule has 0 radical (unpaired) electrons. The third-order valence-electron chi connectivity index (χ3n) is 6.29. The predicted molar refractivity (Wildman–Crippen MR) is 126 cm³/mol. The van der Waals surface area contributed by atoms with E-state index in [1.54, 1.807) is 17.0 Å². The van der Waals surface area contributed by atoms with Crippen molar-refractivity contribution in [3.8, 4) is 5.75 Å². The number of nitrogens with zero attached hydrogens (tertiary/aromatic N) is 2. The first-order valence-corrected chi connectivity index (χ1v) is 11.3. The molecule has 1 amide bonds. The molecule has 0 N–H and O–H groups in total. The highest BCUT2D eigenvalue weighted by Gasteiger charge is 2.40. The minimum Gasteiger partial charge on any atom is -0.483 e. The van der Waals surface area contributed by atoms with E-state index in [0.717, 1.165) is 11.1 Å². The van der Waals surface area contributed by atoms with E-state index < -0.39 is 17.3 Å². The van der Waals surface area contributed by atoms with Crippen molar-refractivity contribution in [1.29, 1.82) is 0 Å². The molecule has 2 aromatic carbocycles. The summed E-state index contributed by atoms with van der Waals surface area (Å²) in [6.07, 6.45) is 0.529. The number of cyclic esters (lactones) is 1. The molecule has 0 saturated carbocycles. The van der Waals surface area contributed by atoms with E-state index >= 15 is 0 Å². The Labute approximate surface area is 201 Å². The second-order valence-electron chi connectivity index (χ2n) is 8.48. The molecule has 0 spiro atoms. The van der Waals surface area contributed by atoms with Crippen LogP contribution in [0.3, 0.4) is 0 Å². The molecule has 0 aliphatic carbocycles. The summed E-state index contributed by atoms with van der Waals surface area (Å²) < 4.78 is 26.5. The van der Waals surface area contributed by atoms with Crippen LogP contribution in [0, 0.1) is 5.82 Å². The zero-order chi connectivity index (χ0) is 24.7. The molecule has 1 aromatic heterocycles. The molecule has 3 heterocycles. The molecule has 178 valence electrons. The minimum absolute atomic E-state index is 0.000378. The number of ether oxygens (including phenoxy) is 2. The van der Waals surface area contributed by atoms with Gasteiger partial charge in [0.1, 0.15) is 23.9 Å². The lowest BCUT2D eigenvalue weighted by Gasteiger charge is -2.32. The van der Waals surface area contributed by atoms with Gasteiger partial charge >= 0.3 is 5.97 Å². The zero-order valence-corrected chi connectivity index (χ0v) is 19.2. The maximum Gasteiger partial charge on any atom is 0.361 e. The number of carbonyl (C=O) groups excluding carboxylic acids is 2. The van der Waals surface area contributed by atoms with E-state index in [-0.39, 0.29) is 60.5 Å². The third-order valence-corrected chi connectivity index (χ3v) is 6.29. The van der Waals surface area contributed by atoms with Crippen molar-refractivity contribution in [2.75, 3.05) is 6.54 Å². The van der Waals surface area contributed by atoms with E-state index in [1.165, 1.54) is 10.6 Å². The van der Waals surface area contributed by atoms with Crippen molar-refractivity contribution in [2.45, 2.75) is 33.0 Å². The summed E-state index contributed by atoms with van der Waals surface area (Å²) >= 11 is 0. The molecule has 7 nitrogen and oxygen atoms in total. The van der Waals surface area contributed by atoms with Gasteiger partial charge in [-0.3, -0.25) is 9.59 Å². The van der Waals surface area contributed by atoms with E-state index in [4.69, 9.17) is 9.47 Å². The van der Waals surface area contributed by atoms with Crippen molar-refractivity contribution >= 4 is 17.6 Å². The monoisotopic (exact) mass is 474 g/mol. The van der Waals surface area contributed by atoms with Crippen LogP contribution in [-0.4, -0.2) is 27.9 Å². The number of hydrogen-bond acceptors (Lipinski definition) is 5. The SMILES string of the molecule is C=C1OC(=O)c2c1c(=O)c(OCc1ccccc1)c1n2CCN(Cc2ccc(F)c(CC)c2)C1=O. The predicted octanol–water partition coefficient (Wildman–Crippen LogP) is 3.93. The van der Waals surface area contributed by atoms with Gasteiger partial charge in [-0.1, -0.05) is 56.0 Å². The number of amides is 1. The lowest BCUT2D eigenvalue weighted by molar-refractivity contribution is 0.0661. The zero-order valence-electron chi connectivity index (χ0n) is 19.2. The van der Waals surface area contributed by atoms with Crippen LogP contribution >= 0.6 is 0 Å². The molecule has 5 rings (SSSR count). The van der Waals surface area contributed by atoms with Gasteiger partial charge in [-0.25, -0.2) is 9.18 Å². The van der Waals surface area contributed by atoms with Gasteiger partial charge in [0.05, 0.1) is 5.56 Å². The average molecular weight is 474 g/mol. The first-order valence-electron chi connectivity index (χ1n) is 11.3. The Kier molecular flexibility index (Phi) is 5.72. The summed E-state index contributed by atoms with van der Waals surface area (Å²) in [7, 11) is 0. The molecule has 35 heavy (non-hydrogen) atoms. The highest BCUT2D eigenvalue weighted by Crippen LogP contribution is 2.33. The Morgan fingerprint density at radius 2 is 1.80 bits per heavy atom. The number of pyridine rings is 1. The number of rotatable bonds is 6. The van der Waals surface area contributed by atoms with Gasteiger partial charge in [-0.05, 0) is 29.2 Å². The maximum absolute atomic E-state index is 14.0. The number of esters is 1. The van der Waals surface area contributed by atoms with Crippen LogP contribution in [0.5, 0.6) is 5.75 Å². The fraction of sp³-hybridized carbons (Fsp3) is 0.222. The quantitative estimate of drug-likeness (QED) is 0.506. The number of benzene rings is 2. The molecule has 8 heteroatoms. The summed E-state index contributed by atoms with van der Waals surface area (Å²) in [4.78, 5) is 41.1. The van der Waals surface area contributed by atoms with E-state index in [1.807, 2.05) is 37.3 Å². The van der Waals surface area contributed by atoms with Crippen molar-refractivity contribution in [2.24, 2.45) is 0 Å². The van der Waals surface area contributed by atoms with Gasteiger partial charge < -0.3 is 18.9 Å². The fourth-order valence-electron chi connectivity index (χ4n) is 4.52. The van der Waals surface area contributed by atoms with Gasteiger partial charge in [0.15, 0.2) is 11.4 Å². The number of halogens is 1. The fourth-order valence-corrected chi connectivity index (χ4v) is 4.52. The summed E-state index contributed by atoms with van der Waals surface area (Å²) in [6.45, 7) is 6.39. The first kappa shape index (κ1) is 22.6. The number of carbonyl (C=O) groups is 2. The second kappa shape index (κ2) is 8.87. The van der Waals surface area contributed by atoms with Gasteiger partial charge in [0, 0.05) is 19.6 Å². The largest absolute Gasteiger partial charge is 0.483 e. The molecule has 0 atom stereocenters. The standard InChI is InChI=1S/C27H23FN2O5/c1-3-19-13-18(9-10-20(19)28)14-29-11-12-30-22-21(16(2)35-27(22)33)24(31)25(23(30)26(29)32)34-15-17-7-5-4-6-8-17/h4-10,13H,2-3,11-12,14-15H2,1H3. The van der Waals surface area contributed by atoms with Crippen LogP contribution in [0.15, 0.2) is 59.9 Å². The van der Waals surface area contributed by atoms with Crippen molar-refractivity contribution in [3.05, 3.63) is 105 Å². The Balaban J connectivity index is 1.56.